The van der Waals surface area contributed by atoms with Crippen LogP contribution in [0.3, 0.4) is 0 Å². The second kappa shape index (κ2) is 7.81. The highest BCUT2D eigenvalue weighted by Crippen LogP contribution is 2.49. The fraction of sp³-hybridized carbons (Fsp3) is 0.273. The largest absolute Gasteiger partial charge is 0.465 e. The summed E-state index contributed by atoms with van der Waals surface area (Å²) >= 11 is 5.45. The molecular weight excluding hydrogens is 462 g/mol. The van der Waals surface area contributed by atoms with Crippen LogP contribution in [0.5, 0.6) is 0 Å². The van der Waals surface area contributed by atoms with Crippen molar-refractivity contribution in [1.82, 2.24) is 0 Å². The summed E-state index contributed by atoms with van der Waals surface area (Å²) < 4.78 is 60.3. The van der Waals surface area contributed by atoms with Crippen molar-refractivity contribution in [3.63, 3.8) is 0 Å². The molecular formula is C22H15F4N3O3S. The number of ether oxygens (including phenoxy) is 1. The number of nitrogens with zero attached hydrogens (tertiary/aromatic N) is 3. The first-order valence-corrected chi connectivity index (χ1v) is 10.1. The lowest BCUT2D eigenvalue weighted by molar-refractivity contribution is -0.137. The van der Waals surface area contributed by atoms with Gasteiger partial charge in [0.1, 0.15) is 5.54 Å². The monoisotopic (exact) mass is 477 g/mol. The predicted molar refractivity (Wildman–Crippen MR) is 113 cm³/mol. The minimum Gasteiger partial charge on any atom is -0.465 e. The van der Waals surface area contributed by atoms with Crippen LogP contribution < -0.4 is 9.80 Å². The number of amides is 1. The first-order chi connectivity index (χ1) is 15.6. The Kier molecular flexibility index (Phi) is 5.36. The fourth-order valence-electron chi connectivity index (χ4n) is 4.15. The zero-order chi connectivity index (χ0) is 24.1. The zero-order valence-electron chi connectivity index (χ0n) is 17.1. The maximum Gasteiger partial charge on any atom is 0.417 e. The van der Waals surface area contributed by atoms with Gasteiger partial charge < -0.3 is 9.64 Å². The Labute approximate surface area is 190 Å². The van der Waals surface area contributed by atoms with Crippen LogP contribution in [0.2, 0.25) is 0 Å². The number of esters is 1. The second-order valence-corrected chi connectivity index (χ2v) is 7.98. The van der Waals surface area contributed by atoms with Crippen molar-refractivity contribution in [3.05, 3.63) is 58.9 Å². The van der Waals surface area contributed by atoms with Crippen LogP contribution in [0.15, 0.2) is 36.4 Å². The third-order valence-corrected chi connectivity index (χ3v) is 6.27. The molecule has 2 aromatic carbocycles. The van der Waals surface area contributed by atoms with Crippen LogP contribution in [-0.4, -0.2) is 29.6 Å². The van der Waals surface area contributed by atoms with Gasteiger partial charge in [0.05, 0.1) is 41.2 Å². The van der Waals surface area contributed by atoms with E-state index < -0.39 is 40.5 Å². The van der Waals surface area contributed by atoms with Crippen molar-refractivity contribution < 1.29 is 31.9 Å². The van der Waals surface area contributed by atoms with Gasteiger partial charge in [-0.25, -0.2) is 9.18 Å². The highest BCUT2D eigenvalue weighted by molar-refractivity contribution is 7.81. The standard InChI is InChI=1S/C22H15F4N3O3S/c1-32-18(30)14-4-2-5-16(17(14)23)29-20(33)28(19(31)21(29)8-3-9-21)13-7-6-12(11-27)15(10-13)22(24,25)26/h2,4-7,10H,3,8-9H2,1H3. The van der Waals surface area contributed by atoms with Crippen molar-refractivity contribution in [1.29, 1.82) is 5.26 Å². The van der Waals surface area contributed by atoms with Gasteiger partial charge in [-0.3, -0.25) is 9.69 Å². The van der Waals surface area contributed by atoms with Crippen LogP contribution in [0.4, 0.5) is 28.9 Å². The Morgan fingerprint density at radius 2 is 1.94 bits per heavy atom. The van der Waals surface area contributed by atoms with Gasteiger partial charge >= 0.3 is 12.1 Å². The Bertz CT molecular complexity index is 1230. The number of nitriles is 1. The van der Waals surface area contributed by atoms with Crippen molar-refractivity contribution in [2.75, 3.05) is 16.9 Å². The summed E-state index contributed by atoms with van der Waals surface area (Å²) in [5.74, 6) is -2.48. The SMILES string of the molecule is COC(=O)c1cccc(N2C(=S)N(c3ccc(C#N)c(C(F)(F)F)c3)C(=O)C23CCC3)c1F. The number of methoxy groups -OCH3 is 1. The molecule has 1 saturated heterocycles. The maximum atomic E-state index is 15.3. The lowest BCUT2D eigenvalue weighted by atomic mass is 9.75. The van der Waals surface area contributed by atoms with Crippen LogP contribution in [-0.2, 0) is 15.7 Å². The second-order valence-electron chi connectivity index (χ2n) is 7.61. The molecule has 0 atom stereocenters. The van der Waals surface area contributed by atoms with Gasteiger partial charge in [0.2, 0.25) is 0 Å². The summed E-state index contributed by atoms with van der Waals surface area (Å²) in [4.78, 5) is 27.6. The summed E-state index contributed by atoms with van der Waals surface area (Å²) in [6.45, 7) is 0. The lowest BCUT2D eigenvalue weighted by Crippen LogP contribution is -2.55. The predicted octanol–water partition coefficient (Wildman–Crippen LogP) is 4.56. The molecule has 1 aliphatic heterocycles. The molecule has 2 aliphatic rings. The number of carbonyl (C=O) groups is 2. The van der Waals surface area contributed by atoms with E-state index in [2.05, 4.69) is 4.74 Å². The van der Waals surface area contributed by atoms with E-state index in [0.29, 0.717) is 25.3 Å². The highest BCUT2D eigenvalue weighted by atomic mass is 32.1. The molecule has 1 aliphatic carbocycles. The van der Waals surface area contributed by atoms with Gasteiger partial charge in [-0.05, 0) is 61.8 Å². The molecule has 1 heterocycles. The Morgan fingerprint density at radius 3 is 2.48 bits per heavy atom. The van der Waals surface area contributed by atoms with Crippen LogP contribution in [0, 0.1) is 17.1 Å². The molecule has 6 nitrogen and oxygen atoms in total. The molecule has 0 aromatic heterocycles. The van der Waals surface area contributed by atoms with Gasteiger partial charge in [-0.15, -0.1) is 0 Å². The molecule has 0 unspecified atom stereocenters. The average molecular weight is 477 g/mol. The van der Waals surface area contributed by atoms with E-state index in [4.69, 9.17) is 17.5 Å². The quantitative estimate of drug-likeness (QED) is 0.367. The van der Waals surface area contributed by atoms with Crippen molar-refractivity contribution in [3.8, 4) is 6.07 Å². The normalized spacial score (nSPS) is 17.2. The molecule has 2 aromatic rings. The van der Waals surface area contributed by atoms with E-state index in [-0.39, 0.29) is 22.1 Å². The molecule has 33 heavy (non-hydrogen) atoms. The van der Waals surface area contributed by atoms with Gasteiger partial charge in [-0.2, -0.15) is 18.4 Å². The molecule has 0 N–H and O–H groups in total. The third kappa shape index (κ3) is 3.33. The van der Waals surface area contributed by atoms with E-state index in [1.165, 1.54) is 35.2 Å². The number of thiocarbonyl (C=S) groups is 1. The molecule has 11 heteroatoms. The number of alkyl halides is 3. The maximum absolute atomic E-state index is 15.3. The fourth-order valence-corrected chi connectivity index (χ4v) is 4.61. The van der Waals surface area contributed by atoms with E-state index in [9.17, 15) is 22.8 Å². The lowest BCUT2D eigenvalue weighted by Gasteiger charge is -2.43. The van der Waals surface area contributed by atoms with Gasteiger partial charge in [-0.1, -0.05) is 6.07 Å². The number of benzene rings is 2. The summed E-state index contributed by atoms with van der Waals surface area (Å²) in [5.41, 5.74) is -3.79. The molecule has 1 amide bonds. The summed E-state index contributed by atoms with van der Waals surface area (Å²) in [7, 11) is 1.09. The topological polar surface area (TPSA) is 73.6 Å². The van der Waals surface area contributed by atoms with Crippen LogP contribution in [0.1, 0.15) is 40.7 Å². The first-order valence-electron chi connectivity index (χ1n) is 9.74. The minimum atomic E-state index is -4.83. The Balaban J connectivity index is 1.85. The van der Waals surface area contributed by atoms with E-state index in [0.717, 1.165) is 18.1 Å². The first kappa shape index (κ1) is 22.7. The molecule has 1 saturated carbocycles. The Hall–Kier alpha value is -3.52. The Morgan fingerprint density at radius 1 is 1.24 bits per heavy atom. The molecule has 0 bridgehead atoms. The van der Waals surface area contributed by atoms with Crippen LogP contribution >= 0.6 is 12.2 Å². The summed E-state index contributed by atoms with van der Waals surface area (Å²) in [6.07, 6.45) is -3.61. The molecule has 0 radical (unpaired) electrons. The molecule has 4 rings (SSSR count). The average Bonchev–Trinajstić information content (AvgIpc) is 2.99. The van der Waals surface area contributed by atoms with E-state index in [1.54, 1.807) is 0 Å². The van der Waals surface area contributed by atoms with E-state index in [1.807, 2.05) is 0 Å². The highest BCUT2D eigenvalue weighted by Gasteiger charge is 2.60. The minimum absolute atomic E-state index is 0.150. The summed E-state index contributed by atoms with van der Waals surface area (Å²) in [5, 5.41) is 8.82. The molecule has 170 valence electrons. The number of carbonyl (C=O) groups excluding carboxylic acids is 2. The van der Waals surface area contributed by atoms with Gasteiger partial charge in [0, 0.05) is 0 Å². The van der Waals surface area contributed by atoms with E-state index >= 15 is 4.39 Å². The zero-order valence-corrected chi connectivity index (χ0v) is 17.9. The van der Waals surface area contributed by atoms with Crippen molar-refractivity contribution in [2.24, 2.45) is 0 Å². The number of hydrogen-bond donors (Lipinski definition) is 0. The molecule has 2 fully saturated rings. The number of halogens is 4. The van der Waals surface area contributed by atoms with Crippen molar-refractivity contribution in [2.45, 2.75) is 31.0 Å². The van der Waals surface area contributed by atoms with Gasteiger partial charge in [0.15, 0.2) is 10.9 Å². The summed E-state index contributed by atoms with van der Waals surface area (Å²) in [6, 6.07) is 8.27. The number of hydrogen-bond acceptors (Lipinski definition) is 5. The number of anilines is 2. The van der Waals surface area contributed by atoms with Gasteiger partial charge in [0.25, 0.3) is 5.91 Å². The third-order valence-electron chi connectivity index (χ3n) is 5.90. The number of rotatable bonds is 3. The smallest absolute Gasteiger partial charge is 0.417 e. The van der Waals surface area contributed by atoms with Crippen molar-refractivity contribution >= 4 is 40.6 Å². The van der Waals surface area contributed by atoms with Crippen LogP contribution in [0.25, 0.3) is 0 Å². The molecule has 1 spiro atoms.